The van der Waals surface area contributed by atoms with E-state index in [2.05, 4.69) is 67.8 Å². The highest BCUT2D eigenvalue weighted by Crippen LogP contribution is 2.30. The lowest BCUT2D eigenvalue weighted by Gasteiger charge is -2.46. The average Bonchev–Trinajstić information content (AvgIpc) is 1.41. The van der Waals surface area contributed by atoms with Crippen LogP contribution in [-0.4, -0.2) is 140 Å². The van der Waals surface area contributed by atoms with Crippen molar-refractivity contribution in [2.45, 2.75) is 396 Å². The number of rotatable bonds is 62. The summed E-state index contributed by atoms with van der Waals surface area (Å²) in [5.41, 5.74) is 0. The Bertz CT molecular complexity index is 1740. The molecule has 0 radical (unpaired) electrons. The number of nitrogens with one attached hydrogen (secondary N) is 1. The van der Waals surface area contributed by atoms with Gasteiger partial charge in [0.2, 0.25) is 5.91 Å². The Morgan fingerprint density at radius 2 is 0.744 bits per heavy atom. The van der Waals surface area contributed by atoms with E-state index in [1.165, 1.54) is 244 Å². The number of hydrogen-bond acceptors (Lipinski definition) is 13. The summed E-state index contributed by atoms with van der Waals surface area (Å²) >= 11 is 0. The summed E-state index contributed by atoms with van der Waals surface area (Å²) in [6.07, 6.45) is 64.3. The molecule has 2 aliphatic rings. The van der Waals surface area contributed by atoms with Crippen molar-refractivity contribution in [1.29, 1.82) is 0 Å². The van der Waals surface area contributed by atoms with E-state index in [9.17, 15) is 45.6 Å². The first-order chi connectivity index (χ1) is 44.1. The van der Waals surface area contributed by atoms with E-state index in [4.69, 9.17) is 18.9 Å². The van der Waals surface area contributed by atoms with Crippen LogP contribution in [0.4, 0.5) is 0 Å². The van der Waals surface area contributed by atoms with Crippen LogP contribution in [0.15, 0.2) is 60.8 Å². The summed E-state index contributed by atoms with van der Waals surface area (Å²) in [5, 5.41) is 87.5. The highest BCUT2D eigenvalue weighted by atomic mass is 16.7. The van der Waals surface area contributed by atoms with Crippen LogP contribution >= 0.6 is 0 Å². The average molecular weight is 1270 g/mol. The minimum Gasteiger partial charge on any atom is -0.394 e. The van der Waals surface area contributed by atoms with Crippen molar-refractivity contribution in [3.63, 3.8) is 0 Å². The molecule has 90 heavy (non-hydrogen) atoms. The fourth-order valence-electron chi connectivity index (χ4n) is 12.2. The summed E-state index contributed by atoms with van der Waals surface area (Å²) in [5.74, 6) is -0.245. The standard InChI is InChI=1S/C76H139NO13/c1-3-5-7-9-11-13-15-17-19-21-23-25-27-28-29-30-31-32-33-34-35-36-38-40-42-44-46-48-50-52-54-56-58-60-68(81)77-64(63-87-75-73(86)71(84)74(67(62-79)89-75)90-76-72(85)70(83)69(82)66(61-78)88-76)65(80)59-57-55-53-51-49-47-45-43-41-39-37-26-24-22-20-18-16-14-12-10-8-6-4-2/h15,17,21,23,27-28,49,51,57,59,64-67,69-76,78-80,82-86H,3-14,16,18-20,22,24-26,29-48,50,52-56,58,60-63H2,1-2H3,(H,77,81)/b17-15-,23-21-,28-27-,51-49+,59-57+. The first-order valence-corrected chi connectivity index (χ1v) is 37.5. The lowest BCUT2D eigenvalue weighted by atomic mass is 9.97. The second-order valence-corrected chi connectivity index (χ2v) is 26.4. The maximum absolute atomic E-state index is 13.4. The molecule has 14 heteroatoms. The largest absolute Gasteiger partial charge is 0.394 e. The van der Waals surface area contributed by atoms with Crippen molar-refractivity contribution in [1.82, 2.24) is 5.32 Å². The van der Waals surface area contributed by atoms with E-state index in [0.29, 0.717) is 12.8 Å². The zero-order valence-electron chi connectivity index (χ0n) is 57.4. The molecule has 2 saturated heterocycles. The molecule has 0 aliphatic carbocycles. The fraction of sp³-hybridized carbons (Fsp3) is 0.855. The Morgan fingerprint density at radius 1 is 0.400 bits per heavy atom. The van der Waals surface area contributed by atoms with Gasteiger partial charge in [-0.15, -0.1) is 0 Å². The third kappa shape index (κ3) is 43.6. The molecule has 0 spiro atoms. The molecule has 526 valence electrons. The van der Waals surface area contributed by atoms with Gasteiger partial charge in [-0.1, -0.05) is 306 Å². The number of allylic oxidation sites excluding steroid dienone is 9. The molecule has 12 unspecified atom stereocenters. The number of aliphatic hydroxyl groups excluding tert-OH is 8. The van der Waals surface area contributed by atoms with Gasteiger partial charge in [-0.3, -0.25) is 4.79 Å². The van der Waals surface area contributed by atoms with Crippen LogP contribution in [0.2, 0.25) is 0 Å². The van der Waals surface area contributed by atoms with Crippen molar-refractivity contribution in [3.8, 4) is 0 Å². The van der Waals surface area contributed by atoms with Gasteiger partial charge < -0.3 is 65.1 Å². The molecule has 2 rings (SSSR count). The molecule has 0 aromatic heterocycles. The topological polar surface area (TPSA) is 228 Å². The minimum absolute atomic E-state index is 0.245. The van der Waals surface area contributed by atoms with Gasteiger partial charge in [0.15, 0.2) is 12.6 Å². The van der Waals surface area contributed by atoms with Gasteiger partial charge in [0, 0.05) is 6.42 Å². The van der Waals surface area contributed by atoms with Crippen molar-refractivity contribution in [2.24, 2.45) is 0 Å². The quantitative estimate of drug-likeness (QED) is 0.0204. The molecule has 2 aliphatic heterocycles. The van der Waals surface area contributed by atoms with E-state index < -0.39 is 86.8 Å². The monoisotopic (exact) mass is 1270 g/mol. The number of hydrogen-bond donors (Lipinski definition) is 9. The molecule has 0 aromatic carbocycles. The molecular formula is C76H139NO13. The maximum atomic E-state index is 13.4. The van der Waals surface area contributed by atoms with Crippen LogP contribution in [0.5, 0.6) is 0 Å². The van der Waals surface area contributed by atoms with Crippen LogP contribution in [0, 0.1) is 0 Å². The SMILES string of the molecule is CCCCCCC/C=C\C/C=C\C/C=C\CCCCCCCCCCCCCCCCCCCCC(=O)NC(COC1OC(CO)C(OC2OC(CO)C(O)C(O)C2O)C(O)C1O)C(O)/C=C/CC/C=C/CCCCCCCCCCCCCCCCCCC. The summed E-state index contributed by atoms with van der Waals surface area (Å²) in [7, 11) is 0. The van der Waals surface area contributed by atoms with Crippen LogP contribution in [0.3, 0.4) is 0 Å². The van der Waals surface area contributed by atoms with E-state index >= 15 is 0 Å². The van der Waals surface area contributed by atoms with Gasteiger partial charge >= 0.3 is 0 Å². The van der Waals surface area contributed by atoms with Gasteiger partial charge in [-0.05, 0) is 70.6 Å². The number of unbranched alkanes of at least 4 members (excludes halogenated alkanes) is 41. The molecule has 0 saturated carbocycles. The van der Waals surface area contributed by atoms with Crippen molar-refractivity contribution in [2.75, 3.05) is 19.8 Å². The number of aliphatic hydroxyl groups is 8. The summed E-state index contributed by atoms with van der Waals surface area (Å²) in [6, 6.07) is -0.934. The summed E-state index contributed by atoms with van der Waals surface area (Å²) in [4.78, 5) is 13.4. The van der Waals surface area contributed by atoms with Crippen LogP contribution in [0.25, 0.3) is 0 Å². The second kappa shape index (κ2) is 60.4. The zero-order chi connectivity index (χ0) is 65.2. The Hall–Kier alpha value is -2.31. The Balaban J connectivity index is 1.65. The van der Waals surface area contributed by atoms with Gasteiger partial charge in [0.1, 0.15) is 48.8 Å². The first kappa shape index (κ1) is 83.8. The zero-order valence-corrected chi connectivity index (χ0v) is 57.4. The molecule has 12 atom stereocenters. The molecule has 0 bridgehead atoms. The smallest absolute Gasteiger partial charge is 0.220 e. The molecule has 1 amide bonds. The van der Waals surface area contributed by atoms with Gasteiger partial charge in [0.05, 0.1) is 32.0 Å². The number of amides is 1. The minimum atomic E-state index is -1.79. The van der Waals surface area contributed by atoms with E-state index in [1.807, 2.05) is 6.08 Å². The lowest BCUT2D eigenvalue weighted by Crippen LogP contribution is -2.65. The van der Waals surface area contributed by atoms with Crippen LogP contribution in [-0.2, 0) is 23.7 Å². The highest BCUT2D eigenvalue weighted by Gasteiger charge is 2.51. The summed E-state index contributed by atoms with van der Waals surface area (Å²) in [6.45, 7) is 2.81. The van der Waals surface area contributed by atoms with Crippen LogP contribution < -0.4 is 5.32 Å². The normalized spacial score (nSPS) is 23.2. The van der Waals surface area contributed by atoms with E-state index in [0.717, 1.165) is 44.9 Å². The molecule has 14 nitrogen and oxygen atoms in total. The number of ether oxygens (including phenoxy) is 4. The van der Waals surface area contributed by atoms with Crippen molar-refractivity contribution >= 4 is 5.91 Å². The predicted molar refractivity (Wildman–Crippen MR) is 369 cm³/mol. The summed E-state index contributed by atoms with van der Waals surface area (Å²) < 4.78 is 22.9. The molecule has 2 fully saturated rings. The third-order valence-corrected chi connectivity index (χ3v) is 18.2. The molecular weight excluding hydrogens is 1130 g/mol. The highest BCUT2D eigenvalue weighted by molar-refractivity contribution is 5.76. The predicted octanol–water partition coefficient (Wildman–Crippen LogP) is 16.0. The molecule has 0 aromatic rings. The van der Waals surface area contributed by atoms with Crippen LogP contribution in [0.1, 0.15) is 322 Å². The first-order valence-electron chi connectivity index (χ1n) is 37.5. The van der Waals surface area contributed by atoms with E-state index in [-0.39, 0.29) is 18.9 Å². The Morgan fingerprint density at radius 3 is 1.17 bits per heavy atom. The Labute approximate surface area is 549 Å². The molecule has 9 N–H and O–H groups in total. The number of carbonyl (C=O) groups excluding carboxylic acids is 1. The number of carbonyl (C=O) groups is 1. The van der Waals surface area contributed by atoms with Crippen molar-refractivity contribution in [3.05, 3.63) is 60.8 Å². The third-order valence-electron chi connectivity index (χ3n) is 18.2. The van der Waals surface area contributed by atoms with Gasteiger partial charge in [-0.2, -0.15) is 0 Å². The lowest BCUT2D eigenvalue weighted by molar-refractivity contribution is -0.359. The van der Waals surface area contributed by atoms with E-state index in [1.54, 1.807) is 6.08 Å². The van der Waals surface area contributed by atoms with Crippen molar-refractivity contribution < 1.29 is 64.6 Å². The van der Waals surface area contributed by atoms with Gasteiger partial charge in [0.25, 0.3) is 0 Å². The maximum Gasteiger partial charge on any atom is 0.220 e. The Kier molecular flexibility index (Phi) is 56.2. The van der Waals surface area contributed by atoms with Gasteiger partial charge in [-0.25, -0.2) is 0 Å². The second-order valence-electron chi connectivity index (χ2n) is 26.4. The fourth-order valence-corrected chi connectivity index (χ4v) is 12.2. The molecule has 2 heterocycles.